The van der Waals surface area contributed by atoms with E-state index in [0.29, 0.717) is 5.16 Å². The fourth-order valence-corrected chi connectivity index (χ4v) is 2.58. The van der Waals surface area contributed by atoms with Crippen LogP contribution in [-0.4, -0.2) is 37.9 Å². The second-order valence-electron chi connectivity index (χ2n) is 3.90. The highest BCUT2D eigenvalue weighted by Crippen LogP contribution is 2.23. The third kappa shape index (κ3) is 2.31. The van der Waals surface area contributed by atoms with Crippen molar-refractivity contribution in [2.45, 2.75) is 31.2 Å². The predicted molar refractivity (Wildman–Crippen MR) is 67.6 cm³/mol. The highest BCUT2D eigenvalue weighted by molar-refractivity contribution is 8.00. The van der Waals surface area contributed by atoms with Gasteiger partial charge in [-0.15, -0.1) is 10.2 Å². The normalized spacial score (nSPS) is 12.7. The van der Waals surface area contributed by atoms with E-state index in [1.807, 2.05) is 24.3 Å². The van der Waals surface area contributed by atoms with Gasteiger partial charge in [-0.1, -0.05) is 11.8 Å². The molecular weight excluding hydrogens is 252 g/mol. The molecule has 1 unspecified atom stereocenters. The number of hydrogen-bond acceptors (Lipinski definition) is 6. The van der Waals surface area contributed by atoms with Gasteiger partial charge >= 0.3 is 5.97 Å². The molecule has 2 heterocycles. The average Bonchev–Trinajstić information content (AvgIpc) is 2.71. The van der Waals surface area contributed by atoms with Crippen molar-refractivity contribution in [3.8, 4) is 0 Å². The van der Waals surface area contributed by atoms with Crippen molar-refractivity contribution >= 4 is 23.4 Å². The molecule has 18 heavy (non-hydrogen) atoms. The molecule has 0 aliphatic carbocycles. The lowest BCUT2D eigenvalue weighted by Gasteiger charge is -2.08. The van der Waals surface area contributed by atoms with Crippen LogP contribution >= 0.6 is 11.8 Å². The molecule has 1 atom stereocenters. The summed E-state index contributed by atoms with van der Waals surface area (Å²) in [5.74, 6) is 0.518. The predicted octanol–water partition coefficient (Wildman–Crippen LogP) is 1.39. The number of hydrogen-bond donors (Lipinski definition) is 0. The average molecular weight is 266 g/mol. The van der Waals surface area contributed by atoms with Crippen molar-refractivity contribution in [1.82, 2.24) is 19.6 Å². The van der Waals surface area contributed by atoms with Crippen LogP contribution < -0.4 is 0 Å². The molecule has 6 nitrogen and oxygen atoms in total. The Morgan fingerprint density at radius 3 is 2.83 bits per heavy atom. The Morgan fingerprint density at radius 2 is 2.17 bits per heavy atom. The summed E-state index contributed by atoms with van der Waals surface area (Å²) in [6.07, 6.45) is 0. The topological polar surface area (TPSA) is 69.4 Å². The molecule has 0 saturated heterocycles. The molecule has 0 bridgehead atoms. The summed E-state index contributed by atoms with van der Waals surface area (Å²) in [4.78, 5) is 15.8. The Hall–Kier alpha value is -1.63. The van der Waals surface area contributed by atoms with Crippen LogP contribution in [0, 0.1) is 13.8 Å². The second kappa shape index (κ2) is 4.93. The first kappa shape index (κ1) is 12.8. The van der Waals surface area contributed by atoms with Crippen LogP contribution in [0.25, 0.3) is 5.65 Å². The number of methoxy groups -OCH3 is 1. The summed E-state index contributed by atoms with van der Waals surface area (Å²) >= 11 is 1.31. The van der Waals surface area contributed by atoms with Crippen LogP contribution in [0.5, 0.6) is 0 Å². The molecule has 0 aromatic carbocycles. The number of carbonyl (C=O) groups excluding carboxylic acids is 1. The van der Waals surface area contributed by atoms with E-state index >= 15 is 0 Å². The Kier molecular flexibility index (Phi) is 3.51. The lowest BCUT2D eigenvalue weighted by molar-refractivity contribution is -0.139. The van der Waals surface area contributed by atoms with E-state index in [1.54, 1.807) is 6.92 Å². The van der Waals surface area contributed by atoms with E-state index < -0.39 is 0 Å². The molecule has 0 aliphatic heterocycles. The van der Waals surface area contributed by atoms with Crippen molar-refractivity contribution in [2.75, 3.05) is 7.11 Å². The van der Waals surface area contributed by atoms with Gasteiger partial charge in [0.15, 0.2) is 10.8 Å². The summed E-state index contributed by atoms with van der Waals surface area (Å²) < 4.78 is 6.52. The number of fused-ring (bicyclic) bond motifs is 1. The molecule has 0 aliphatic rings. The number of esters is 1. The van der Waals surface area contributed by atoms with Gasteiger partial charge in [-0.3, -0.25) is 9.20 Å². The van der Waals surface area contributed by atoms with Gasteiger partial charge in [0.05, 0.1) is 7.11 Å². The Morgan fingerprint density at radius 1 is 1.44 bits per heavy atom. The van der Waals surface area contributed by atoms with E-state index in [1.165, 1.54) is 18.9 Å². The van der Waals surface area contributed by atoms with Gasteiger partial charge in [0, 0.05) is 11.8 Å². The number of carbonyl (C=O) groups is 1. The zero-order valence-corrected chi connectivity index (χ0v) is 11.5. The van der Waals surface area contributed by atoms with Crippen LogP contribution in [0.4, 0.5) is 0 Å². The molecule has 96 valence electrons. The molecule has 0 fully saturated rings. The molecule has 7 heteroatoms. The van der Waals surface area contributed by atoms with Crippen LogP contribution in [0.15, 0.2) is 11.2 Å². The number of aryl methyl sites for hydroxylation is 2. The van der Waals surface area contributed by atoms with Crippen molar-refractivity contribution in [3.05, 3.63) is 17.6 Å². The summed E-state index contributed by atoms with van der Waals surface area (Å²) in [6, 6.07) is 1.85. The Labute approximate surface area is 109 Å². The lowest BCUT2D eigenvalue weighted by Crippen LogP contribution is -2.15. The molecule has 0 spiro atoms. The minimum atomic E-state index is -0.330. The molecule has 0 amide bonds. The van der Waals surface area contributed by atoms with E-state index in [4.69, 9.17) is 0 Å². The molecule has 2 aromatic heterocycles. The largest absolute Gasteiger partial charge is 0.468 e. The monoisotopic (exact) mass is 266 g/mol. The third-order valence-electron chi connectivity index (χ3n) is 2.47. The third-order valence-corrected chi connectivity index (χ3v) is 3.49. The van der Waals surface area contributed by atoms with Crippen molar-refractivity contribution in [3.63, 3.8) is 0 Å². The number of rotatable bonds is 3. The highest BCUT2D eigenvalue weighted by Gasteiger charge is 2.19. The maximum Gasteiger partial charge on any atom is 0.318 e. The van der Waals surface area contributed by atoms with Gasteiger partial charge in [0.1, 0.15) is 11.1 Å². The Bertz CT molecular complexity index is 596. The number of aromatic nitrogens is 4. The van der Waals surface area contributed by atoms with Gasteiger partial charge < -0.3 is 4.74 Å². The molecule has 0 radical (unpaired) electrons. The summed E-state index contributed by atoms with van der Waals surface area (Å²) in [5, 5.41) is 8.48. The molecule has 2 rings (SSSR count). The second-order valence-corrected chi connectivity index (χ2v) is 5.21. The van der Waals surface area contributed by atoms with Crippen LogP contribution in [-0.2, 0) is 9.53 Å². The zero-order valence-electron chi connectivity index (χ0n) is 10.7. The van der Waals surface area contributed by atoms with Crippen LogP contribution in [0.2, 0.25) is 0 Å². The standard InChI is InChI=1S/C11H14N4O2S/c1-6-5-9-13-14-11(15(9)8(3)12-6)18-7(2)10(16)17-4/h5,7H,1-4H3. The number of nitrogens with zero attached hydrogens (tertiary/aromatic N) is 4. The van der Waals surface area contributed by atoms with E-state index in [9.17, 15) is 4.79 Å². The fraction of sp³-hybridized carbons (Fsp3) is 0.455. The zero-order chi connectivity index (χ0) is 13.3. The van der Waals surface area contributed by atoms with Gasteiger partial charge in [-0.25, -0.2) is 4.98 Å². The van der Waals surface area contributed by atoms with Gasteiger partial charge in [0.25, 0.3) is 0 Å². The maximum absolute atomic E-state index is 11.4. The molecule has 0 N–H and O–H groups in total. The highest BCUT2D eigenvalue weighted by atomic mass is 32.2. The smallest absolute Gasteiger partial charge is 0.318 e. The number of ether oxygens (including phenoxy) is 1. The van der Waals surface area contributed by atoms with Crippen molar-refractivity contribution in [1.29, 1.82) is 0 Å². The molecular formula is C11H14N4O2S. The molecule has 2 aromatic rings. The van der Waals surface area contributed by atoms with Gasteiger partial charge in [-0.2, -0.15) is 0 Å². The fourth-order valence-electron chi connectivity index (χ4n) is 1.65. The number of thioether (sulfide) groups is 1. The van der Waals surface area contributed by atoms with E-state index in [-0.39, 0.29) is 11.2 Å². The first-order valence-electron chi connectivity index (χ1n) is 5.46. The van der Waals surface area contributed by atoms with Crippen molar-refractivity contribution in [2.24, 2.45) is 0 Å². The summed E-state index contributed by atoms with van der Waals surface area (Å²) in [7, 11) is 1.37. The minimum absolute atomic E-state index is 0.283. The summed E-state index contributed by atoms with van der Waals surface area (Å²) in [5.41, 5.74) is 1.63. The van der Waals surface area contributed by atoms with E-state index in [0.717, 1.165) is 17.2 Å². The Balaban J connectivity index is 2.38. The quantitative estimate of drug-likeness (QED) is 0.617. The molecule has 0 saturated carbocycles. The van der Waals surface area contributed by atoms with E-state index in [2.05, 4.69) is 19.9 Å². The van der Waals surface area contributed by atoms with Crippen LogP contribution in [0.3, 0.4) is 0 Å². The van der Waals surface area contributed by atoms with Crippen LogP contribution in [0.1, 0.15) is 18.4 Å². The lowest BCUT2D eigenvalue weighted by atomic mass is 10.4. The van der Waals surface area contributed by atoms with Crippen molar-refractivity contribution < 1.29 is 9.53 Å². The maximum atomic E-state index is 11.4. The first-order valence-corrected chi connectivity index (χ1v) is 6.34. The first-order chi connectivity index (χ1) is 8.52. The summed E-state index contributed by atoms with van der Waals surface area (Å²) in [6.45, 7) is 5.57. The van der Waals surface area contributed by atoms with Gasteiger partial charge in [0.2, 0.25) is 0 Å². The minimum Gasteiger partial charge on any atom is -0.468 e. The SMILES string of the molecule is COC(=O)C(C)Sc1nnc2cc(C)nc(C)n12. The van der Waals surface area contributed by atoms with Gasteiger partial charge in [-0.05, 0) is 20.8 Å².